The molecule has 2 aromatic heterocycles. The van der Waals surface area contributed by atoms with Crippen LogP contribution in [0.4, 0.5) is 0 Å². The van der Waals surface area contributed by atoms with E-state index in [9.17, 15) is 9.59 Å². The highest BCUT2D eigenvalue weighted by Crippen LogP contribution is 2.39. The Hall–Kier alpha value is -3.12. The standard InChI is InChI=1S/C23H16BrNO4/c1-13-7-8-18-17(10-13)21(26)19-20(14-4-2-5-15(24)11-14)25(23(27)22(19)29-18)12-16-6-3-9-28-16/h2-11,20H,12H2,1H3. The predicted molar refractivity (Wildman–Crippen MR) is 112 cm³/mol. The summed E-state index contributed by atoms with van der Waals surface area (Å²) in [4.78, 5) is 28.4. The van der Waals surface area contributed by atoms with Crippen LogP contribution in [0, 0.1) is 6.92 Å². The second-order valence-electron chi connectivity index (χ2n) is 7.14. The van der Waals surface area contributed by atoms with Gasteiger partial charge in [0.2, 0.25) is 5.76 Å². The van der Waals surface area contributed by atoms with E-state index in [1.165, 1.54) is 0 Å². The molecule has 1 amide bonds. The van der Waals surface area contributed by atoms with E-state index in [1.54, 1.807) is 29.4 Å². The van der Waals surface area contributed by atoms with Gasteiger partial charge in [0.15, 0.2) is 5.43 Å². The van der Waals surface area contributed by atoms with E-state index in [2.05, 4.69) is 15.9 Å². The largest absolute Gasteiger partial charge is 0.467 e. The summed E-state index contributed by atoms with van der Waals surface area (Å²) in [6.07, 6.45) is 1.57. The van der Waals surface area contributed by atoms with Crippen LogP contribution in [0.3, 0.4) is 0 Å². The molecule has 0 saturated carbocycles. The highest BCUT2D eigenvalue weighted by atomic mass is 79.9. The molecule has 1 unspecified atom stereocenters. The smallest absolute Gasteiger partial charge is 0.291 e. The minimum absolute atomic E-state index is 0.0999. The summed E-state index contributed by atoms with van der Waals surface area (Å²) < 4.78 is 12.3. The third-order valence-electron chi connectivity index (χ3n) is 5.19. The number of hydrogen-bond acceptors (Lipinski definition) is 4. The van der Waals surface area contributed by atoms with Gasteiger partial charge in [-0.15, -0.1) is 0 Å². The Bertz CT molecular complexity index is 1310. The second kappa shape index (κ2) is 6.74. The zero-order valence-electron chi connectivity index (χ0n) is 15.5. The number of furan rings is 1. The number of benzene rings is 2. The Kier molecular flexibility index (Phi) is 4.17. The lowest BCUT2D eigenvalue weighted by atomic mass is 9.98. The summed E-state index contributed by atoms with van der Waals surface area (Å²) in [6, 6.07) is 16.1. The molecule has 6 heteroatoms. The summed E-state index contributed by atoms with van der Waals surface area (Å²) in [5.41, 5.74) is 2.40. The number of nitrogens with zero attached hydrogens (tertiary/aromatic N) is 1. The average molecular weight is 450 g/mol. The van der Waals surface area contributed by atoms with Crippen molar-refractivity contribution in [3.8, 4) is 0 Å². The van der Waals surface area contributed by atoms with Crippen LogP contribution < -0.4 is 5.43 Å². The maximum atomic E-state index is 13.5. The van der Waals surface area contributed by atoms with Crippen LogP contribution in [0.5, 0.6) is 0 Å². The molecule has 0 bridgehead atoms. The Morgan fingerprint density at radius 1 is 1.07 bits per heavy atom. The van der Waals surface area contributed by atoms with Gasteiger partial charge in [0, 0.05) is 4.47 Å². The third kappa shape index (κ3) is 2.91. The van der Waals surface area contributed by atoms with Crippen LogP contribution >= 0.6 is 15.9 Å². The van der Waals surface area contributed by atoms with Gasteiger partial charge in [-0.05, 0) is 48.9 Å². The molecule has 144 valence electrons. The van der Waals surface area contributed by atoms with E-state index < -0.39 is 6.04 Å². The van der Waals surface area contributed by atoms with Crippen molar-refractivity contribution in [3.05, 3.63) is 104 Å². The molecular weight excluding hydrogens is 434 g/mol. The van der Waals surface area contributed by atoms with Crippen LogP contribution in [0.25, 0.3) is 11.0 Å². The van der Waals surface area contributed by atoms with Crippen molar-refractivity contribution in [2.45, 2.75) is 19.5 Å². The number of hydrogen-bond donors (Lipinski definition) is 0. The van der Waals surface area contributed by atoms with Crippen LogP contribution in [-0.2, 0) is 6.54 Å². The van der Waals surface area contributed by atoms with E-state index >= 15 is 0 Å². The summed E-state index contributed by atoms with van der Waals surface area (Å²) in [5, 5.41) is 0.483. The first-order chi connectivity index (χ1) is 14.0. The molecule has 0 fully saturated rings. The fraction of sp³-hybridized carbons (Fsp3) is 0.130. The molecule has 1 aliphatic heterocycles. The molecule has 0 N–H and O–H groups in total. The minimum Gasteiger partial charge on any atom is -0.467 e. The summed E-state index contributed by atoms with van der Waals surface area (Å²) in [6.45, 7) is 2.16. The van der Waals surface area contributed by atoms with E-state index in [1.807, 2.05) is 43.3 Å². The molecule has 0 saturated heterocycles. The lowest BCUT2D eigenvalue weighted by Gasteiger charge is -2.24. The van der Waals surface area contributed by atoms with Crippen molar-refractivity contribution in [2.75, 3.05) is 0 Å². The average Bonchev–Trinajstić information content (AvgIpc) is 3.31. The molecule has 4 aromatic rings. The minimum atomic E-state index is -0.554. The molecular formula is C23H16BrNO4. The molecule has 5 rings (SSSR count). The van der Waals surface area contributed by atoms with E-state index in [0.29, 0.717) is 22.3 Å². The van der Waals surface area contributed by atoms with Gasteiger partial charge in [-0.25, -0.2) is 0 Å². The Labute approximate surface area is 174 Å². The lowest BCUT2D eigenvalue weighted by molar-refractivity contribution is 0.0701. The van der Waals surface area contributed by atoms with Gasteiger partial charge >= 0.3 is 0 Å². The monoisotopic (exact) mass is 449 g/mol. The summed E-state index contributed by atoms with van der Waals surface area (Å²) in [7, 11) is 0. The number of amides is 1. The number of aryl methyl sites for hydroxylation is 1. The van der Waals surface area contributed by atoms with Crippen molar-refractivity contribution in [1.82, 2.24) is 4.90 Å². The zero-order valence-corrected chi connectivity index (χ0v) is 17.1. The van der Waals surface area contributed by atoms with Crippen molar-refractivity contribution >= 4 is 32.8 Å². The number of halogens is 1. The van der Waals surface area contributed by atoms with Gasteiger partial charge in [0.25, 0.3) is 5.91 Å². The highest BCUT2D eigenvalue weighted by Gasteiger charge is 2.43. The summed E-state index contributed by atoms with van der Waals surface area (Å²) >= 11 is 3.49. The van der Waals surface area contributed by atoms with Gasteiger partial charge in [-0.2, -0.15) is 0 Å². The van der Waals surface area contributed by atoms with E-state index in [4.69, 9.17) is 8.83 Å². The normalized spacial score (nSPS) is 15.9. The maximum Gasteiger partial charge on any atom is 0.291 e. The van der Waals surface area contributed by atoms with Gasteiger partial charge in [-0.3, -0.25) is 9.59 Å². The molecule has 29 heavy (non-hydrogen) atoms. The second-order valence-corrected chi connectivity index (χ2v) is 8.06. The first-order valence-corrected chi connectivity index (χ1v) is 9.98. The third-order valence-corrected chi connectivity index (χ3v) is 5.69. The molecule has 0 spiro atoms. The zero-order chi connectivity index (χ0) is 20.1. The van der Waals surface area contributed by atoms with Crippen LogP contribution in [-0.4, -0.2) is 10.8 Å². The molecule has 0 radical (unpaired) electrons. The molecule has 5 nitrogen and oxygen atoms in total. The topological polar surface area (TPSA) is 63.7 Å². The number of rotatable bonds is 3. The number of carbonyl (C=O) groups excluding carboxylic acids is 1. The fourth-order valence-corrected chi connectivity index (χ4v) is 4.31. The first-order valence-electron chi connectivity index (χ1n) is 9.19. The van der Waals surface area contributed by atoms with E-state index in [0.717, 1.165) is 15.6 Å². The number of carbonyl (C=O) groups is 1. The molecule has 1 aliphatic rings. The summed E-state index contributed by atoms with van der Waals surface area (Å²) in [5.74, 6) is 0.419. The quantitative estimate of drug-likeness (QED) is 0.430. The van der Waals surface area contributed by atoms with Crippen LogP contribution in [0.1, 0.15) is 39.0 Å². The Morgan fingerprint density at radius 2 is 1.93 bits per heavy atom. The van der Waals surface area contributed by atoms with Crippen LogP contribution in [0.2, 0.25) is 0 Å². The van der Waals surface area contributed by atoms with E-state index in [-0.39, 0.29) is 23.6 Å². The molecule has 0 aliphatic carbocycles. The highest BCUT2D eigenvalue weighted by molar-refractivity contribution is 9.10. The SMILES string of the molecule is Cc1ccc2oc3c(c(=O)c2c1)C(c1cccc(Br)c1)N(Cc1ccco1)C3=O. The number of fused-ring (bicyclic) bond motifs is 2. The molecule has 1 atom stereocenters. The van der Waals surface area contributed by atoms with Gasteiger partial charge in [-0.1, -0.05) is 39.7 Å². The first kappa shape index (κ1) is 17.9. The van der Waals surface area contributed by atoms with Crippen molar-refractivity contribution in [2.24, 2.45) is 0 Å². The van der Waals surface area contributed by atoms with Gasteiger partial charge in [0.1, 0.15) is 11.3 Å². The molecule has 3 heterocycles. The Morgan fingerprint density at radius 3 is 2.69 bits per heavy atom. The maximum absolute atomic E-state index is 13.5. The lowest BCUT2D eigenvalue weighted by Crippen LogP contribution is -2.29. The van der Waals surface area contributed by atoms with Crippen molar-refractivity contribution < 1.29 is 13.6 Å². The van der Waals surface area contributed by atoms with Gasteiger partial charge in [0.05, 0.1) is 29.8 Å². The van der Waals surface area contributed by atoms with Crippen molar-refractivity contribution in [1.29, 1.82) is 0 Å². The fourth-order valence-electron chi connectivity index (χ4n) is 3.89. The Balaban J connectivity index is 1.77. The predicted octanol–water partition coefficient (Wildman–Crippen LogP) is 5.20. The van der Waals surface area contributed by atoms with Crippen LogP contribution in [0.15, 0.2) is 79.0 Å². The molecule has 2 aromatic carbocycles. The van der Waals surface area contributed by atoms with Gasteiger partial charge < -0.3 is 13.7 Å². The van der Waals surface area contributed by atoms with Crippen molar-refractivity contribution in [3.63, 3.8) is 0 Å².